The van der Waals surface area contributed by atoms with Gasteiger partial charge in [0.2, 0.25) is 5.82 Å². The first-order chi connectivity index (χ1) is 13.8. The van der Waals surface area contributed by atoms with Crippen molar-refractivity contribution >= 4 is 17.5 Å². The minimum Gasteiger partial charge on any atom is -0.271 e. The van der Waals surface area contributed by atoms with Crippen molar-refractivity contribution in [2.24, 2.45) is 0 Å². The summed E-state index contributed by atoms with van der Waals surface area (Å²) in [5.41, 5.74) is 5.01. The van der Waals surface area contributed by atoms with Crippen molar-refractivity contribution < 1.29 is 18.9 Å². The summed E-state index contributed by atoms with van der Waals surface area (Å²) in [4.78, 5) is 35.1. The number of nitrogens with one attached hydrogen (secondary N) is 2. The van der Waals surface area contributed by atoms with E-state index in [2.05, 4.69) is 26.3 Å². The number of nitro benzene ring substituents is 1. The van der Waals surface area contributed by atoms with Crippen LogP contribution in [0.5, 0.6) is 0 Å². The molecule has 29 heavy (non-hydrogen) atoms. The lowest BCUT2D eigenvalue weighted by molar-refractivity contribution is -0.384. The van der Waals surface area contributed by atoms with Crippen LogP contribution in [0.25, 0.3) is 11.4 Å². The third-order valence-electron chi connectivity index (χ3n) is 3.79. The molecule has 12 heteroatoms. The van der Waals surface area contributed by atoms with Gasteiger partial charge < -0.3 is 0 Å². The zero-order valence-corrected chi connectivity index (χ0v) is 15.0. The van der Waals surface area contributed by atoms with Crippen LogP contribution < -0.4 is 10.9 Å². The molecule has 0 unspecified atom stereocenters. The third-order valence-corrected chi connectivity index (χ3v) is 3.79. The molecule has 0 atom stereocenters. The fourth-order valence-corrected chi connectivity index (χ4v) is 2.34. The fraction of sp³-hybridized carbons (Fsp3) is 0.118. The van der Waals surface area contributed by atoms with E-state index in [1.165, 1.54) is 30.3 Å². The van der Waals surface area contributed by atoms with E-state index in [0.717, 1.165) is 10.9 Å². The van der Waals surface area contributed by atoms with E-state index in [-0.39, 0.29) is 29.4 Å². The van der Waals surface area contributed by atoms with Crippen LogP contribution in [-0.2, 0) is 11.3 Å². The Hall–Kier alpha value is -4.22. The van der Waals surface area contributed by atoms with Gasteiger partial charge in [0, 0.05) is 23.3 Å². The van der Waals surface area contributed by atoms with E-state index in [4.69, 9.17) is 0 Å². The summed E-state index contributed by atoms with van der Waals surface area (Å²) < 4.78 is 13.3. The topological polar surface area (TPSA) is 145 Å². The lowest BCUT2D eigenvalue weighted by atomic mass is 10.1. The second-order valence-electron chi connectivity index (χ2n) is 5.92. The van der Waals surface area contributed by atoms with Crippen molar-refractivity contribution in [1.29, 1.82) is 0 Å². The highest BCUT2D eigenvalue weighted by molar-refractivity contribution is 5.95. The smallest absolute Gasteiger partial charge is 0.270 e. The Morgan fingerprint density at radius 3 is 2.72 bits per heavy atom. The van der Waals surface area contributed by atoms with Crippen LogP contribution in [0.15, 0.2) is 42.5 Å². The normalized spacial score (nSPS) is 10.4. The number of amides is 2. The number of aromatic nitrogens is 4. The number of aryl methyl sites for hydroxylation is 1. The van der Waals surface area contributed by atoms with Gasteiger partial charge in [-0.25, -0.2) is 4.39 Å². The summed E-state index contributed by atoms with van der Waals surface area (Å²) >= 11 is 0. The molecule has 3 rings (SSSR count). The first-order valence-electron chi connectivity index (χ1n) is 8.21. The van der Waals surface area contributed by atoms with E-state index in [1.807, 2.05) is 0 Å². The third kappa shape index (κ3) is 4.74. The SMILES string of the molecule is Cc1cc(-c2nnn(CC(=O)NNC(=O)c3cccc([N+](=O)[O-])c3)n2)ccc1F. The maximum Gasteiger partial charge on any atom is 0.270 e. The largest absolute Gasteiger partial charge is 0.271 e. The van der Waals surface area contributed by atoms with Crippen molar-refractivity contribution in [1.82, 2.24) is 31.1 Å². The van der Waals surface area contributed by atoms with Gasteiger partial charge in [0.15, 0.2) is 0 Å². The summed E-state index contributed by atoms with van der Waals surface area (Å²) in [6.07, 6.45) is 0. The van der Waals surface area contributed by atoms with Crippen LogP contribution in [0.2, 0.25) is 0 Å². The highest BCUT2D eigenvalue weighted by atomic mass is 19.1. The minimum atomic E-state index is -0.726. The van der Waals surface area contributed by atoms with Gasteiger partial charge in [-0.1, -0.05) is 6.07 Å². The van der Waals surface area contributed by atoms with Crippen molar-refractivity contribution in [2.45, 2.75) is 13.5 Å². The first kappa shape index (κ1) is 19.5. The van der Waals surface area contributed by atoms with Gasteiger partial charge in [0.1, 0.15) is 12.4 Å². The van der Waals surface area contributed by atoms with Crippen molar-refractivity contribution in [3.63, 3.8) is 0 Å². The molecule has 2 aromatic carbocycles. The number of halogens is 1. The highest BCUT2D eigenvalue weighted by Gasteiger charge is 2.14. The van der Waals surface area contributed by atoms with Gasteiger partial charge in [-0.2, -0.15) is 4.80 Å². The van der Waals surface area contributed by atoms with Crippen LogP contribution in [0.3, 0.4) is 0 Å². The van der Waals surface area contributed by atoms with Crippen molar-refractivity contribution in [2.75, 3.05) is 0 Å². The molecule has 2 amide bonds. The zero-order chi connectivity index (χ0) is 21.0. The molecular weight excluding hydrogens is 385 g/mol. The van der Waals surface area contributed by atoms with Gasteiger partial charge in [0.05, 0.1) is 4.92 Å². The van der Waals surface area contributed by atoms with E-state index in [0.29, 0.717) is 11.1 Å². The maximum atomic E-state index is 13.3. The summed E-state index contributed by atoms with van der Waals surface area (Å²) in [5.74, 6) is -1.53. The molecule has 3 aromatic rings. The Morgan fingerprint density at radius 2 is 2.00 bits per heavy atom. The number of tetrazole rings is 1. The van der Waals surface area contributed by atoms with Crippen LogP contribution in [0, 0.1) is 22.9 Å². The molecule has 0 aliphatic carbocycles. The number of carbonyl (C=O) groups is 2. The van der Waals surface area contributed by atoms with Gasteiger partial charge in [0.25, 0.3) is 17.5 Å². The van der Waals surface area contributed by atoms with Gasteiger partial charge in [-0.15, -0.1) is 10.2 Å². The van der Waals surface area contributed by atoms with E-state index < -0.39 is 16.7 Å². The number of nitrogens with zero attached hydrogens (tertiary/aromatic N) is 5. The molecule has 0 aliphatic rings. The quantitative estimate of drug-likeness (QED) is 0.484. The zero-order valence-electron chi connectivity index (χ0n) is 15.0. The average Bonchev–Trinajstić information content (AvgIpc) is 3.16. The number of non-ortho nitro benzene ring substituents is 1. The van der Waals surface area contributed by atoms with Crippen LogP contribution in [0.4, 0.5) is 10.1 Å². The van der Waals surface area contributed by atoms with Crippen molar-refractivity contribution in [3.05, 3.63) is 69.5 Å². The second-order valence-corrected chi connectivity index (χ2v) is 5.92. The van der Waals surface area contributed by atoms with Gasteiger partial charge >= 0.3 is 0 Å². The number of nitro groups is 1. The lowest BCUT2D eigenvalue weighted by Crippen LogP contribution is -2.43. The molecule has 0 saturated carbocycles. The minimum absolute atomic E-state index is 0.00680. The first-order valence-corrected chi connectivity index (χ1v) is 8.21. The average molecular weight is 399 g/mol. The molecule has 148 valence electrons. The number of hydrogen-bond acceptors (Lipinski definition) is 7. The number of benzene rings is 2. The maximum absolute atomic E-state index is 13.3. The number of hydrogen-bond donors (Lipinski definition) is 2. The summed E-state index contributed by atoms with van der Waals surface area (Å²) in [6.45, 7) is 1.25. The van der Waals surface area contributed by atoms with Crippen molar-refractivity contribution in [3.8, 4) is 11.4 Å². The predicted octanol–water partition coefficient (Wildman–Crippen LogP) is 1.16. The monoisotopic (exact) mass is 399 g/mol. The summed E-state index contributed by atoms with van der Waals surface area (Å²) in [7, 11) is 0. The second kappa shape index (κ2) is 8.21. The molecule has 0 saturated heterocycles. The van der Waals surface area contributed by atoms with E-state index >= 15 is 0 Å². The Kier molecular flexibility index (Phi) is 5.53. The molecule has 0 spiro atoms. The van der Waals surface area contributed by atoms with E-state index in [9.17, 15) is 24.1 Å². The Balaban J connectivity index is 1.58. The van der Waals surface area contributed by atoms with E-state index in [1.54, 1.807) is 13.0 Å². The Bertz CT molecular complexity index is 1100. The summed E-state index contributed by atoms with van der Waals surface area (Å²) in [5, 5.41) is 22.3. The number of hydrazine groups is 1. The standard InChI is InChI=1S/C17H14FN7O4/c1-10-7-11(5-6-14(10)18)16-20-23-24(22-16)9-15(26)19-21-17(27)12-3-2-4-13(8-12)25(28)29/h2-8H,9H2,1H3,(H,19,26)(H,21,27). The molecule has 2 N–H and O–H groups in total. The molecule has 1 aromatic heterocycles. The molecule has 0 bridgehead atoms. The predicted molar refractivity (Wildman–Crippen MR) is 96.7 cm³/mol. The molecule has 11 nitrogen and oxygen atoms in total. The van der Waals surface area contributed by atoms with Gasteiger partial charge in [-0.3, -0.25) is 30.6 Å². The fourth-order valence-electron chi connectivity index (χ4n) is 2.34. The Labute approximate surface area is 162 Å². The Morgan fingerprint density at radius 1 is 1.21 bits per heavy atom. The lowest BCUT2D eigenvalue weighted by Gasteiger charge is -2.06. The van der Waals surface area contributed by atoms with Crippen LogP contribution in [0.1, 0.15) is 15.9 Å². The molecule has 0 radical (unpaired) electrons. The molecular formula is C17H14FN7O4. The highest BCUT2D eigenvalue weighted by Crippen LogP contribution is 2.17. The molecule has 0 aliphatic heterocycles. The molecule has 0 fully saturated rings. The number of rotatable bonds is 5. The molecule has 1 heterocycles. The van der Waals surface area contributed by atoms with Crippen LogP contribution in [-0.4, -0.2) is 36.9 Å². The van der Waals surface area contributed by atoms with Gasteiger partial charge in [-0.05, 0) is 42.0 Å². The van der Waals surface area contributed by atoms with Crippen LogP contribution >= 0.6 is 0 Å². The number of carbonyl (C=O) groups excluding carboxylic acids is 2. The summed E-state index contributed by atoms with van der Waals surface area (Å²) in [6, 6.07) is 9.36.